The molecule has 1 aliphatic rings. The second-order valence-electron chi connectivity index (χ2n) is 6.36. The van der Waals surface area contributed by atoms with Crippen molar-refractivity contribution in [2.45, 2.75) is 27.2 Å². The van der Waals surface area contributed by atoms with Crippen LogP contribution in [0.4, 0.5) is 10.5 Å². The Morgan fingerprint density at radius 1 is 1.14 bits per heavy atom. The Hall–Kier alpha value is -1.59. The summed E-state index contributed by atoms with van der Waals surface area (Å²) in [6.45, 7) is 5.41. The summed E-state index contributed by atoms with van der Waals surface area (Å²) in [7, 11) is 0. The lowest BCUT2D eigenvalue weighted by Gasteiger charge is -2.21. The molecule has 1 aromatic rings. The number of hydrogen-bond donors (Lipinski definition) is 0. The van der Waals surface area contributed by atoms with Crippen LogP contribution in [0.2, 0.25) is 10.0 Å². The van der Waals surface area contributed by atoms with Crippen LogP contribution >= 0.6 is 23.2 Å². The normalized spacial score (nSPS) is 15.7. The molecule has 0 N–H and O–H groups in total. The quantitative estimate of drug-likeness (QED) is 0.769. The molecule has 7 heteroatoms. The Morgan fingerprint density at radius 2 is 1.68 bits per heavy atom. The van der Waals surface area contributed by atoms with Gasteiger partial charge in [-0.15, -0.1) is 0 Å². The van der Waals surface area contributed by atoms with E-state index < -0.39 is 11.9 Å². The van der Waals surface area contributed by atoms with E-state index in [4.69, 9.17) is 23.2 Å². The molecular weight excluding hydrogens is 327 g/mol. The number of anilines is 1. The SMILES string of the molecule is CC(C)(C)CC(=O)N1CC(=O)N(c2cc(Cl)cc(Cl)c2)C1=O. The Labute approximate surface area is 138 Å². The lowest BCUT2D eigenvalue weighted by Crippen LogP contribution is -2.38. The van der Waals surface area contributed by atoms with E-state index in [9.17, 15) is 14.4 Å². The number of rotatable bonds is 2. The van der Waals surface area contributed by atoms with Crippen molar-refractivity contribution in [3.8, 4) is 0 Å². The Bertz CT molecular complexity index is 632. The molecule has 0 spiro atoms. The van der Waals surface area contributed by atoms with E-state index in [-0.39, 0.29) is 30.0 Å². The first-order chi connectivity index (χ1) is 10.1. The Morgan fingerprint density at radius 3 is 2.18 bits per heavy atom. The number of imide groups is 2. The summed E-state index contributed by atoms with van der Waals surface area (Å²) < 4.78 is 0. The van der Waals surface area contributed by atoms with Crippen LogP contribution in [-0.2, 0) is 9.59 Å². The monoisotopic (exact) mass is 342 g/mol. The van der Waals surface area contributed by atoms with Gasteiger partial charge in [0.05, 0.1) is 5.69 Å². The number of benzene rings is 1. The summed E-state index contributed by atoms with van der Waals surface area (Å²) in [5.74, 6) is -0.855. The van der Waals surface area contributed by atoms with Crippen molar-refractivity contribution in [3.05, 3.63) is 28.2 Å². The van der Waals surface area contributed by atoms with Crippen molar-refractivity contribution in [2.24, 2.45) is 5.41 Å². The number of urea groups is 1. The van der Waals surface area contributed by atoms with Crippen LogP contribution < -0.4 is 4.90 Å². The van der Waals surface area contributed by atoms with Gasteiger partial charge in [0.15, 0.2) is 0 Å². The molecule has 0 bridgehead atoms. The maximum absolute atomic E-state index is 12.4. The largest absolute Gasteiger partial charge is 0.338 e. The van der Waals surface area contributed by atoms with Crippen molar-refractivity contribution in [3.63, 3.8) is 0 Å². The molecule has 4 amide bonds. The maximum atomic E-state index is 12.4. The van der Waals surface area contributed by atoms with Crippen LogP contribution in [0.15, 0.2) is 18.2 Å². The molecule has 22 heavy (non-hydrogen) atoms. The van der Waals surface area contributed by atoms with Crippen LogP contribution in [0.3, 0.4) is 0 Å². The van der Waals surface area contributed by atoms with Gasteiger partial charge in [-0.25, -0.2) is 9.69 Å². The molecule has 0 aromatic heterocycles. The van der Waals surface area contributed by atoms with Gasteiger partial charge in [0, 0.05) is 16.5 Å². The summed E-state index contributed by atoms with van der Waals surface area (Å²) >= 11 is 11.8. The molecule has 0 saturated carbocycles. The van der Waals surface area contributed by atoms with Gasteiger partial charge in [0.2, 0.25) is 5.91 Å². The number of carbonyl (C=O) groups excluding carboxylic acids is 3. The minimum Gasteiger partial charge on any atom is -0.274 e. The van der Waals surface area contributed by atoms with E-state index in [1.54, 1.807) is 0 Å². The van der Waals surface area contributed by atoms with Crippen LogP contribution in [0.1, 0.15) is 27.2 Å². The van der Waals surface area contributed by atoms with Crippen LogP contribution in [0.5, 0.6) is 0 Å². The van der Waals surface area contributed by atoms with E-state index in [1.165, 1.54) is 18.2 Å². The summed E-state index contributed by atoms with van der Waals surface area (Å²) in [6, 6.07) is 3.75. The van der Waals surface area contributed by atoms with Crippen molar-refractivity contribution in [1.82, 2.24) is 4.90 Å². The smallest absolute Gasteiger partial charge is 0.274 e. The molecule has 5 nitrogen and oxygen atoms in total. The molecule has 0 aliphatic carbocycles. The van der Waals surface area contributed by atoms with Crippen LogP contribution in [0, 0.1) is 5.41 Å². The Balaban J connectivity index is 2.27. The lowest BCUT2D eigenvalue weighted by molar-refractivity contribution is -0.131. The minimum atomic E-state index is -0.669. The first kappa shape index (κ1) is 16.8. The van der Waals surface area contributed by atoms with E-state index in [0.29, 0.717) is 10.0 Å². The molecule has 2 rings (SSSR count). The predicted octanol–water partition coefficient (Wildman–Crippen LogP) is 3.72. The summed E-state index contributed by atoms with van der Waals surface area (Å²) in [6.07, 6.45) is 0.177. The summed E-state index contributed by atoms with van der Waals surface area (Å²) in [5, 5.41) is 0.616. The number of carbonyl (C=O) groups is 3. The van der Waals surface area contributed by atoms with Crippen molar-refractivity contribution in [1.29, 1.82) is 0 Å². The van der Waals surface area contributed by atoms with E-state index in [2.05, 4.69) is 0 Å². The highest BCUT2D eigenvalue weighted by molar-refractivity contribution is 6.35. The van der Waals surface area contributed by atoms with Crippen molar-refractivity contribution >= 4 is 46.7 Å². The molecule has 0 atom stereocenters. The minimum absolute atomic E-state index is 0.177. The molecule has 0 radical (unpaired) electrons. The summed E-state index contributed by atoms with van der Waals surface area (Å²) in [5.41, 5.74) is -0.00809. The van der Waals surface area contributed by atoms with E-state index in [1.807, 2.05) is 20.8 Å². The van der Waals surface area contributed by atoms with Crippen molar-refractivity contribution < 1.29 is 14.4 Å². The second kappa shape index (κ2) is 5.89. The Kier molecular flexibility index (Phi) is 4.49. The zero-order chi connectivity index (χ0) is 16.7. The van der Waals surface area contributed by atoms with Gasteiger partial charge in [0.25, 0.3) is 5.91 Å². The van der Waals surface area contributed by atoms with E-state index in [0.717, 1.165) is 9.80 Å². The molecule has 1 heterocycles. The fraction of sp³-hybridized carbons (Fsp3) is 0.400. The van der Waals surface area contributed by atoms with Crippen molar-refractivity contribution in [2.75, 3.05) is 11.4 Å². The zero-order valence-electron chi connectivity index (χ0n) is 12.5. The average molecular weight is 343 g/mol. The fourth-order valence-corrected chi connectivity index (χ4v) is 2.68. The van der Waals surface area contributed by atoms with Gasteiger partial charge in [-0.1, -0.05) is 44.0 Å². The first-order valence-electron chi connectivity index (χ1n) is 6.72. The number of amides is 4. The molecular formula is C15H16Cl2N2O3. The molecule has 1 aliphatic heterocycles. The lowest BCUT2D eigenvalue weighted by atomic mass is 9.92. The highest BCUT2D eigenvalue weighted by atomic mass is 35.5. The highest BCUT2D eigenvalue weighted by Gasteiger charge is 2.41. The van der Waals surface area contributed by atoms with Gasteiger partial charge in [-0.2, -0.15) is 0 Å². The van der Waals surface area contributed by atoms with E-state index >= 15 is 0 Å². The molecule has 1 fully saturated rings. The second-order valence-corrected chi connectivity index (χ2v) is 7.23. The predicted molar refractivity (Wildman–Crippen MR) is 85.1 cm³/mol. The van der Waals surface area contributed by atoms with Crippen LogP contribution in [0.25, 0.3) is 0 Å². The molecule has 0 unspecified atom stereocenters. The maximum Gasteiger partial charge on any atom is 0.338 e. The van der Waals surface area contributed by atoms with Gasteiger partial charge in [-0.3, -0.25) is 14.5 Å². The topological polar surface area (TPSA) is 57.7 Å². The standard InChI is InChI=1S/C15H16Cl2N2O3/c1-15(2,3)7-12(20)18-8-13(21)19(14(18)22)11-5-9(16)4-10(17)6-11/h4-6H,7-8H2,1-3H3. The average Bonchev–Trinajstić information content (AvgIpc) is 2.61. The van der Waals surface area contributed by atoms with Gasteiger partial charge in [0.1, 0.15) is 6.54 Å². The first-order valence-corrected chi connectivity index (χ1v) is 7.47. The fourth-order valence-electron chi connectivity index (χ4n) is 2.17. The van der Waals surface area contributed by atoms with Gasteiger partial charge in [-0.05, 0) is 23.6 Å². The number of halogens is 2. The highest BCUT2D eigenvalue weighted by Crippen LogP contribution is 2.29. The third-order valence-electron chi connectivity index (χ3n) is 3.05. The zero-order valence-corrected chi connectivity index (χ0v) is 14.0. The summed E-state index contributed by atoms with van der Waals surface area (Å²) in [4.78, 5) is 38.6. The third-order valence-corrected chi connectivity index (χ3v) is 3.49. The number of nitrogens with zero attached hydrogens (tertiary/aromatic N) is 2. The van der Waals surface area contributed by atoms with Gasteiger partial charge >= 0.3 is 6.03 Å². The van der Waals surface area contributed by atoms with Gasteiger partial charge < -0.3 is 0 Å². The third kappa shape index (κ3) is 3.59. The number of hydrogen-bond acceptors (Lipinski definition) is 3. The van der Waals surface area contributed by atoms with Crippen LogP contribution in [-0.4, -0.2) is 29.3 Å². The molecule has 1 saturated heterocycles. The molecule has 118 valence electrons. The molecule has 1 aromatic carbocycles.